The highest BCUT2D eigenvalue weighted by Gasteiger charge is 2.41. The van der Waals surface area contributed by atoms with Crippen LogP contribution in [0.5, 0.6) is 0 Å². The summed E-state index contributed by atoms with van der Waals surface area (Å²) >= 11 is 1.72. The lowest BCUT2D eigenvalue weighted by molar-refractivity contribution is -0.143. The molecular formula is C10H20N2O2S. The quantitative estimate of drug-likeness (QED) is 0.698. The van der Waals surface area contributed by atoms with Crippen LogP contribution in [0.15, 0.2) is 0 Å². The molecule has 0 bridgehead atoms. The van der Waals surface area contributed by atoms with E-state index in [1.807, 2.05) is 7.05 Å². The van der Waals surface area contributed by atoms with Gasteiger partial charge in [-0.05, 0) is 25.8 Å². The summed E-state index contributed by atoms with van der Waals surface area (Å²) in [5, 5.41) is 12.4. The molecule has 0 aromatic heterocycles. The highest BCUT2D eigenvalue weighted by atomic mass is 32.2. The number of carboxylic acid groups (broad SMARTS) is 1. The van der Waals surface area contributed by atoms with Crippen molar-refractivity contribution in [1.82, 2.24) is 10.2 Å². The van der Waals surface area contributed by atoms with Crippen LogP contribution in [0.2, 0.25) is 0 Å². The Morgan fingerprint density at radius 1 is 1.67 bits per heavy atom. The van der Waals surface area contributed by atoms with E-state index in [-0.39, 0.29) is 0 Å². The number of hydrogen-bond acceptors (Lipinski definition) is 4. The first-order valence-electron chi connectivity index (χ1n) is 5.35. The summed E-state index contributed by atoms with van der Waals surface area (Å²) in [4.78, 5) is 13.4. The first kappa shape index (κ1) is 12.8. The minimum Gasteiger partial charge on any atom is -0.480 e. The van der Waals surface area contributed by atoms with E-state index < -0.39 is 11.5 Å². The van der Waals surface area contributed by atoms with Crippen molar-refractivity contribution >= 4 is 17.7 Å². The minimum absolute atomic E-state index is 0.667. The molecule has 1 aliphatic heterocycles. The second-order valence-corrected chi connectivity index (χ2v) is 5.12. The number of carbonyl (C=O) groups is 1. The van der Waals surface area contributed by atoms with Gasteiger partial charge in [-0.2, -0.15) is 11.8 Å². The molecular weight excluding hydrogens is 212 g/mol. The molecule has 1 fully saturated rings. The van der Waals surface area contributed by atoms with Crippen LogP contribution in [-0.2, 0) is 4.79 Å². The smallest absolute Gasteiger partial charge is 0.324 e. The molecule has 1 atom stereocenters. The third-order valence-corrected chi connectivity index (χ3v) is 4.12. The van der Waals surface area contributed by atoms with Gasteiger partial charge in [0.1, 0.15) is 5.54 Å². The molecule has 0 aromatic rings. The Morgan fingerprint density at radius 3 is 2.87 bits per heavy atom. The van der Waals surface area contributed by atoms with E-state index in [2.05, 4.69) is 17.1 Å². The van der Waals surface area contributed by atoms with Crippen LogP contribution in [-0.4, -0.2) is 59.7 Å². The van der Waals surface area contributed by atoms with Crippen molar-refractivity contribution in [1.29, 1.82) is 0 Å². The zero-order chi connectivity index (χ0) is 11.3. The van der Waals surface area contributed by atoms with Crippen molar-refractivity contribution < 1.29 is 9.90 Å². The van der Waals surface area contributed by atoms with Crippen molar-refractivity contribution in [2.75, 3.05) is 38.2 Å². The normalized spacial score (nSPS) is 26.1. The fraction of sp³-hybridized carbons (Fsp3) is 0.900. The molecule has 15 heavy (non-hydrogen) atoms. The Labute approximate surface area is 95.4 Å². The number of aliphatic carboxylic acids is 1. The van der Waals surface area contributed by atoms with E-state index in [1.165, 1.54) is 0 Å². The first-order chi connectivity index (χ1) is 7.10. The van der Waals surface area contributed by atoms with Gasteiger partial charge in [-0.25, -0.2) is 0 Å². The number of nitrogens with zero attached hydrogens (tertiary/aromatic N) is 1. The van der Waals surface area contributed by atoms with E-state index in [4.69, 9.17) is 0 Å². The molecule has 0 amide bonds. The van der Waals surface area contributed by atoms with Crippen LogP contribution < -0.4 is 5.32 Å². The molecule has 88 valence electrons. The fourth-order valence-electron chi connectivity index (χ4n) is 1.59. The molecule has 1 rings (SSSR count). The number of thioether (sulfide) groups is 1. The van der Waals surface area contributed by atoms with Crippen LogP contribution in [0.1, 0.15) is 13.3 Å². The van der Waals surface area contributed by atoms with Gasteiger partial charge in [0.15, 0.2) is 0 Å². The summed E-state index contributed by atoms with van der Waals surface area (Å²) in [5.74, 6) is 0.938. The summed E-state index contributed by atoms with van der Waals surface area (Å²) in [6, 6.07) is 0. The van der Waals surface area contributed by atoms with Crippen LogP contribution in [0.25, 0.3) is 0 Å². The molecule has 1 unspecified atom stereocenters. The Morgan fingerprint density at radius 2 is 2.40 bits per heavy atom. The lowest BCUT2D eigenvalue weighted by atomic mass is 9.99. The average Bonchev–Trinajstić information content (AvgIpc) is 2.67. The predicted octanol–water partition coefficient (Wildman–Crippen LogP) is 0.488. The van der Waals surface area contributed by atoms with Gasteiger partial charge in [0.25, 0.3) is 0 Å². The molecule has 1 saturated heterocycles. The number of rotatable bonds is 6. The van der Waals surface area contributed by atoms with E-state index in [9.17, 15) is 9.90 Å². The molecule has 0 spiro atoms. The van der Waals surface area contributed by atoms with E-state index in [0.29, 0.717) is 5.75 Å². The maximum absolute atomic E-state index is 11.2. The summed E-state index contributed by atoms with van der Waals surface area (Å²) in [5.41, 5.74) is -0.667. The predicted molar refractivity (Wildman–Crippen MR) is 63.5 cm³/mol. The minimum atomic E-state index is -0.702. The Bertz CT molecular complexity index is 217. The average molecular weight is 232 g/mol. The van der Waals surface area contributed by atoms with Crippen molar-refractivity contribution in [3.8, 4) is 0 Å². The second kappa shape index (κ2) is 5.72. The zero-order valence-electron chi connectivity index (χ0n) is 9.45. The number of carboxylic acids is 1. The van der Waals surface area contributed by atoms with Crippen LogP contribution in [0.3, 0.4) is 0 Å². The van der Waals surface area contributed by atoms with Gasteiger partial charge in [-0.15, -0.1) is 0 Å². The molecule has 4 nitrogen and oxygen atoms in total. The molecule has 0 radical (unpaired) electrons. The molecule has 1 aliphatic rings. The Kier molecular flexibility index (Phi) is 4.89. The highest BCUT2D eigenvalue weighted by molar-refractivity contribution is 7.99. The topological polar surface area (TPSA) is 52.6 Å². The molecule has 2 N–H and O–H groups in total. The van der Waals surface area contributed by atoms with E-state index in [1.54, 1.807) is 11.8 Å². The Balaban J connectivity index is 2.36. The van der Waals surface area contributed by atoms with Crippen molar-refractivity contribution in [3.63, 3.8) is 0 Å². The molecule has 1 heterocycles. The monoisotopic (exact) mass is 232 g/mol. The number of nitrogens with one attached hydrogen (secondary N) is 1. The molecule has 0 aliphatic carbocycles. The van der Waals surface area contributed by atoms with Crippen LogP contribution in [0.4, 0.5) is 0 Å². The summed E-state index contributed by atoms with van der Waals surface area (Å²) in [7, 11) is 2.04. The number of likely N-dealkylation sites (N-methyl/N-ethyl adjacent to an activating group) is 1. The van der Waals surface area contributed by atoms with Gasteiger partial charge in [-0.3, -0.25) is 10.1 Å². The standard InChI is InChI=1S/C10H20N2O2S/c1-3-12(2)6-5-11-10(9(13)14)4-7-15-8-10/h11H,3-8H2,1-2H3,(H,13,14). The van der Waals surface area contributed by atoms with Crippen LogP contribution in [0, 0.1) is 0 Å². The Hall–Kier alpha value is -0.260. The lowest BCUT2D eigenvalue weighted by Gasteiger charge is -2.26. The van der Waals surface area contributed by atoms with E-state index >= 15 is 0 Å². The first-order valence-corrected chi connectivity index (χ1v) is 6.51. The van der Waals surface area contributed by atoms with Crippen molar-refractivity contribution in [2.24, 2.45) is 0 Å². The SMILES string of the molecule is CCN(C)CCNC1(C(=O)O)CCSC1. The summed E-state index contributed by atoms with van der Waals surface area (Å²) in [6.45, 7) is 4.74. The second-order valence-electron chi connectivity index (χ2n) is 4.01. The largest absolute Gasteiger partial charge is 0.480 e. The van der Waals surface area contributed by atoms with Gasteiger partial charge in [0, 0.05) is 18.8 Å². The molecule has 0 aromatic carbocycles. The maximum Gasteiger partial charge on any atom is 0.324 e. The summed E-state index contributed by atoms with van der Waals surface area (Å²) < 4.78 is 0. The lowest BCUT2D eigenvalue weighted by Crippen LogP contribution is -2.54. The zero-order valence-corrected chi connectivity index (χ0v) is 10.3. The third-order valence-electron chi connectivity index (χ3n) is 2.93. The summed E-state index contributed by atoms with van der Waals surface area (Å²) in [6.07, 6.45) is 0.739. The van der Waals surface area contributed by atoms with Crippen molar-refractivity contribution in [2.45, 2.75) is 18.9 Å². The maximum atomic E-state index is 11.2. The van der Waals surface area contributed by atoms with E-state index in [0.717, 1.165) is 31.8 Å². The van der Waals surface area contributed by atoms with Gasteiger partial charge in [-0.1, -0.05) is 6.92 Å². The third kappa shape index (κ3) is 3.36. The van der Waals surface area contributed by atoms with Gasteiger partial charge >= 0.3 is 5.97 Å². The molecule has 0 saturated carbocycles. The van der Waals surface area contributed by atoms with Crippen molar-refractivity contribution in [3.05, 3.63) is 0 Å². The molecule has 5 heteroatoms. The fourth-order valence-corrected chi connectivity index (χ4v) is 2.95. The van der Waals surface area contributed by atoms with Gasteiger partial charge < -0.3 is 10.0 Å². The van der Waals surface area contributed by atoms with Crippen LogP contribution >= 0.6 is 11.8 Å². The van der Waals surface area contributed by atoms with Gasteiger partial charge in [0.05, 0.1) is 0 Å². The number of hydrogen-bond donors (Lipinski definition) is 2. The van der Waals surface area contributed by atoms with Gasteiger partial charge in [0.2, 0.25) is 0 Å². The highest BCUT2D eigenvalue weighted by Crippen LogP contribution is 2.27.